The maximum atomic E-state index is 11.1. The van der Waals surface area contributed by atoms with E-state index in [1.165, 1.54) is 20.1 Å². The second-order valence-corrected chi connectivity index (χ2v) is 5.52. The number of hydrogen-bond donors (Lipinski definition) is 0. The first-order valence-electron chi connectivity index (χ1n) is 4.05. The molecule has 0 saturated heterocycles. The summed E-state index contributed by atoms with van der Waals surface area (Å²) >= 11 is 0. The molecule has 1 aromatic rings. The second-order valence-electron chi connectivity index (χ2n) is 2.98. The highest BCUT2D eigenvalue weighted by Crippen LogP contribution is 2.33. The summed E-state index contributed by atoms with van der Waals surface area (Å²) in [6.07, 6.45) is 0. The van der Waals surface area contributed by atoms with E-state index in [1.807, 2.05) is 0 Å². The molecule has 0 aliphatic rings. The Morgan fingerprint density at radius 3 is 2.38 bits per heavy atom. The van der Waals surface area contributed by atoms with Crippen molar-refractivity contribution in [1.82, 2.24) is 0 Å². The first-order chi connectivity index (χ1) is 7.27. The Bertz CT molecular complexity index is 540. The fourth-order valence-corrected chi connectivity index (χ4v) is 2.41. The Kier molecular flexibility index (Phi) is 3.39. The smallest absolute Gasteiger partial charge is 0.312 e. The second kappa shape index (κ2) is 4.26. The third-order valence-corrected chi connectivity index (χ3v) is 3.40. The zero-order valence-corrected chi connectivity index (χ0v) is 10.0. The van der Waals surface area contributed by atoms with Gasteiger partial charge < -0.3 is 4.74 Å². The molecular formula is C8H8ClNO5S. The molecule has 0 saturated carbocycles. The lowest BCUT2D eigenvalue weighted by atomic mass is 10.2. The van der Waals surface area contributed by atoms with Crippen LogP contribution in [0.5, 0.6) is 5.75 Å². The zero-order valence-electron chi connectivity index (χ0n) is 8.43. The predicted octanol–water partition coefficient (Wildman–Crippen LogP) is 1.84. The summed E-state index contributed by atoms with van der Waals surface area (Å²) in [5.74, 6) is -0.00781. The minimum atomic E-state index is -4.00. The Labute approximate surface area is 96.4 Å². The number of nitro groups is 1. The van der Waals surface area contributed by atoms with Crippen molar-refractivity contribution in [2.75, 3.05) is 7.11 Å². The van der Waals surface area contributed by atoms with E-state index < -0.39 is 19.7 Å². The quantitative estimate of drug-likeness (QED) is 0.473. The van der Waals surface area contributed by atoms with Gasteiger partial charge in [-0.3, -0.25) is 10.1 Å². The topological polar surface area (TPSA) is 86.5 Å². The molecule has 0 aromatic heterocycles. The Balaban J connectivity index is 3.58. The SMILES string of the molecule is COc1cc(C)c(S(=O)(=O)Cl)cc1[N+](=O)[O-]. The van der Waals surface area contributed by atoms with Gasteiger partial charge in [-0.2, -0.15) is 0 Å². The van der Waals surface area contributed by atoms with Crippen LogP contribution in [0.1, 0.15) is 5.56 Å². The van der Waals surface area contributed by atoms with E-state index in [-0.39, 0.29) is 16.2 Å². The van der Waals surface area contributed by atoms with Crippen molar-refractivity contribution >= 4 is 25.4 Å². The highest BCUT2D eigenvalue weighted by atomic mass is 35.7. The number of aryl methyl sites for hydroxylation is 1. The molecule has 6 nitrogen and oxygen atoms in total. The van der Waals surface area contributed by atoms with Crippen LogP contribution in [0.15, 0.2) is 17.0 Å². The number of nitro benzene ring substituents is 1. The Morgan fingerprint density at radius 2 is 2.00 bits per heavy atom. The maximum Gasteiger partial charge on any atom is 0.312 e. The third-order valence-electron chi connectivity index (χ3n) is 1.94. The Morgan fingerprint density at radius 1 is 1.44 bits per heavy atom. The van der Waals surface area contributed by atoms with Crippen LogP contribution >= 0.6 is 10.7 Å². The van der Waals surface area contributed by atoms with Gasteiger partial charge in [-0.15, -0.1) is 0 Å². The van der Waals surface area contributed by atoms with Gasteiger partial charge >= 0.3 is 5.69 Å². The highest BCUT2D eigenvalue weighted by Gasteiger charge is 2.23. The molecule has 0 heterocycles. The average Bonchev–Trinajstić information content (AvgIpc) is 2.14. The lowest BCUT2D eigenvalue weighted by molar-refractivity contribution is -0.386. The van der Waals surface area contributed by atoms with E-state index in [4.69, 9.17) is 15.4 Å². The number of hydrogen-bond acceptors (Lipinski definition) is 5. The van der Waals surface area contributed by atoms with Gasteiger partial charge in [-0.25, -0.2) is 8.42 Å². The molecule has 0 N–H and O–H groups in total. The molecule has 0 aliphatic carbocycles. The molecule has 16 heavy (non-hydrogen) atoms. The van der Waals surface area contributed by atoms with Gasteiger partial charge in [0.15, 0.2) is 5.75 Å². The highest BCUT2D eigenvalue weighted by molar-refractivity contribution is 8.13. The fourth-order valence-electron chi connectivity index (χ4n) is 1.22. The van der Waals surface area contributed by atoms with Crippen LogP contribution in [0.4, 0.5) is 5.69 Å². The minimum absolute atomic E-state index is 0.00781. The number of ether oxygens (including phenoxy) is 1. The molecule has 88 valence electrons. The first-order valence-corrected chi connectivity index (χ1v) is 6.36. The number of methoxy groups -OCH3 is 1. The standard InChI is InChI=1S/C8H8ClNO5S/c1-5-3-7(15-2)6(10(11)12)4-8(5)16(9,13)14/h3-4H,1-2H3. The first kappa shape index (κ1) is 12.7. The summed E-state index contributed by atoms with van der Waals surface area (Å²) in [5.41, 5.74) is -0.148. The molecule has 0 fully saturated rings. The van der Waals surface area contributed by atoms with Gasteiger partial charge in [0.25, 0.3) is 9.05 Å². The average molecular weight is 266 g/mol. The van der Waals surface area contributed by atoms with Crippen molar-refractivity contribution in [2.45, 2.75) is 11.8 Å². The lowest BCUT2D eigenvalue weighted by Gasteiger charge is -2.06. The molecule has 8 heteroatoms. The fraction of sp³-hybridized carbons (Fsp3) is 0.250. The largest absolute Gasteiger partial charge is 0.490 e. The van der Waals surface area contributed by atoms with Crippen molar-refractivity contribution in [3.8, 4) is 5.75 Å². The summed E-state index contributed by atoms with van der Waals surface area (Å²) in [6, 6.07) is 2.14. The van der Waals surface area contributed by atoms with E-state index in [0.717, 1.165) is 6.07 Å². The number of halogens is 1. The lowest BCUT2D eigenvalue weighted by Crippen LogP contribution is -2.00. The van der Waals surface area contributed by atoms with Gasteiger partial charge in [-0.1, -0.05) is 0 Å². The molecule has 0 bridgehead atoms. The van der Waals surface area contributed by atoms with Gasteiger partial charge in [-0.05, 0) is 18.6 Å². The molecule has 0 aliphatic heterocycles. The predicted molar refractivity (Wildman–Crippen MR) is 57.4 cm³/mol. The van der Waals surface area contributed by atoms with Crippen molar-refractivity contribution in [1.29, 1.82) is 0 Å². The molecule has 0 amide bonds. The van der Waals surface area contributed by atoms with Crippen molar-refractivity contribution in [3.63, 3.8) is 0 Å². The summed E-state index contributed by atoms with van der Waals surface area (Å²) in [6.45, 7) is 1.47. The van der Waals surface area contributed by atoms with Gasteiger partial charge in [0.05, 0.1) is 16.9 Å². The van der Waals surface area contributed by atoms with Crippen molar-refractivity contribution < 1.29 is 18.1 Å². The van der Waals surface area contributed by atoms with Crippen LogP contribution in [0.2, 0.25) is 0 Å². The molecule has 1 rings (SSSR count). The molecule has 0 radical (unpaired) electrons. The molecular weight excluding hydrogens is 258 g/mol. The maximum absolute atomic E-state index is 11.1. The number of benzene rings is 1. The zero-order chi connectivity index (χ0) is 12.5. The normalized spacial score (nSPS) is 11.2. The van der Waals surface area contributed by atoms with Gasteiger partial charge in [0.2, 0.25) is 0 Å². The summed E-state index contributed by atoms with van der Waals surface area (Å²) in [4.78, 5) is 9.64. The van der Waals surface area contributed by atoms with E-state index in [1.54, 1.807) is 0 Å². The van der Waals surface area contributed by atoms with Crippen molar-refractivity contribution in [3.05, 3.63) is 27.8 Å². The Hall–Kier alpha value is -1.34. The molecule has 0 atom stereocenters. The van der Waals surface area contributed by atoms with E-state index in [2.05, 4.69) is 0 Å². The summed E-state index contributed by atoms with van der Waals surface area (Å²) < 4.78 is 27.0. The number of nitrogens with zero attached hydrogens (tertiary/aromatic N) is 1. The monoisotopic (exact) mass is 265 g/mol. The summed E-state index contributed by atoms with van der Waals surface area (Å²) in [5, 5.41) is 10.7. The van der Waals surface area contributed by atoms with Crippen LogP contribution in [0, 0.1) is 17.0 Å². The van der Waals surface area contributed by atoms with Crippen LogP contribution in [-0.4, -0.2) is 20.5 Å². The van der Waals surface area contributed by atoms with E-state index >= 15 is 0 Å². The van der Waals surface area contributed by atoms with Crippen LogP contribution in [0.3, 0.4) is 0 Å². The third kappa shape index (κ3) is 2.42. The summed E-state index contributed by atoms with van der Waals surface area (Å²) in [7, 11) is 2.40. The van der Waals surface area contributed by atoms with E-state index in [0.29, 0.717) is 0 Å². The minimum Gasteiger partial charge on any atom is -0.490 e. The van der Waals surface area contributed by atoms with Crippen LogP contribution < -0.4 is 4.74 Å². The number of rotatable bonds is 3. The van der Waals surface area contributed by atoms with Gasteiger partial charge in [0.1, 0.15) is 0 Å². The van der Waals surface area contributed by atoms with E-state index in [9.17, 15) is 18.5 Å². The molecule has 1 aromatic carbocycles. The van der Waals surface area contributed by atoms with Crippen molar-refractivity contribution in [2.24, 2.45) is 0 Å². The molecule has 0 spiro atoms. The van der Waals surface area contributed by atoms with Crippen LogP contribution in [-0.2, 0) is 9.05 Å². The molecule has 0 unspecified atom stereocenters. The van der Waals surface area contributed by atoms with Crippen LogP contribution in [0.25, 0.3) is 0 Å². The van der Waals surface area contributed by atoms with Gasteiger partial charge in [0, 0.05) is 16.7 Å².